The van der Waals surface area contributed by atoms with Crippen molar-refractivity contribution in [2.24, 2.45) is 5.73 Å². The molecule has 0 aliphatic carbocycles. The van der Waals surface area contributed by atoms with Crippen molar-refractivity contribution in [2.45, 2.75) is 13.0 Å². The van der Waals surface area contributed by atoms with Crippen LogP contribution in [-0.2, 0) is 0 Å². The Morgan fingerprint density at radius 1 is 1.29 bits per heavy atom. The Kier molecular flexibility index (Phi) is 5.42. The molecular formula is C16H18ClFN2O. The van der Waals surface area contributed by atoms with Crippen LogP contribution in [0.5, 0.6) is 5.75 Å². The molecule has 0 radical (unpaired) electrons. The lowest BCUT2D eigenvalue weighted by atomic mass is 10.1. The molecule has 0 spiro atoms. The predicted molar refractivity (Wildman–Crippen MR) is 84.4 cm³/mol. The molecule has 112 valence electrons. The summed E-state index contributed by atoms with van der Waals surface area (Å²) in [7, 11) is 0. The zero-order valence-electron chi connectivity index (χ0n) is 11.8. The van der Waals surface area contributed by atoms with Crippen LogP contribution in [0, 0.1) is 5.82 Å². The van der Waals surface area contributed by atoms with Gasteiger partial charge >= 0.3 is 0 Å². The van der Waals surface area contributed by atoms with Gasteiger partial charge in [0.05, 0.1) is 12.6 Å². The Balaban J connectivity index is 2.27. The zero-order chi connectivity index (χ0) is 15.2. The van der Waals surface area contributed by atoms with E-state index in [4.69, 9.17) is 22.1 Å². The molecule has 2 aromatic carbocycles. The summed E-state index contributed by atoms with van der Waals surface area (Å²) in [6.45, 7) is 2.84. The molecule has 1 atom stereocenters. The third kappa shape index (κ3) is 4.09. The van der Waals surface area contributed by atoms with Gasteiger partial charge in [-0.2, -0.15) is 0 Å². The lowest BCUT2D eigenvalue weighted by molar-refractivity contribution is 0.335. The Labute approximate surface area is 128 Å². The minimum Gasteiger partial charge on any atom is -0.494 e. The number of halogens is 2. The molecule has 0 heterocycles. The molecule has 0 fully saturated rings. The Morgan fingerprint density at radius 3 is 2.71 bits per heavy atom. The molecule has 5 heteroatoms. The van der Waals surface area contributed by atoms with E-state index in [-0.39, 0.29) is 11.9 Å². The van der Waals surface area contributed by atoms with E-state index in [0.29, 0.717) is 23.9 Å². The monoisotopic (exact) mass is 308 g/mol. The van der Waals surface area contributed by atoms with E-state index in [0.717, 1.165) is 11.3 Å². The maximum Gasteiger partial charge on any atom is 0.126 e. The maximum atomic E-state index is 13.4. The van der Waals surface area contributed by atoms with Gasteiger partial charge < -0.3 is 15.8 Å². The summed E-state index contributed by atoms with van der Waals surface area (Å²) in [5, 5.41) is 3.54. The van der Waals surface area contributed by atoms with Crippen LogP contribution < -0.4 is 15.8 Å². The summed E-state index contributed by atoms with van der Waals surface area (Å²) in [6, 6.07) is 11.8. The van der Waals surface area contributed by atoms with E-state index >= 15 is 0 Å². The topological polar surface area (TPSA) is 47.3 Å². The highest BCUT2D eigenvalue weighted by atomic mass is 35.5. The fourth-order valence-corrected chi connectivity index (χ4v) is 2.38. The van der Waals surface area contributed by atoms with Crippen LogP contribution in [0.1, 0.15) is 18.5 Å². The van der Waals surface area contributed by atoms with Crippen LogP contribution in [-0.4, -0.2) is 13.2 Å². The van der Waals surface area contributed by atoms with Gasteiger partial charge in [-0.1, -0.05) is 29.8 Å². The van der Waals surface area contributed by atoms with Crippen molar-refractivity contribution in [2.75, 3.05) is 18.5 Å². The minimum atomic E-state index is -0.390. The molecule has 0 saturated carbocycles. The second kappa shape index (κ2) is 7.29. The van der Waals surface area contributed by atoms with Gasteiger partial charge in [-0.15, -0.1) is 0 Å². The quantitative estimate of drug-likeness (QED) is 0.848. The first-order valence-electron chi connectivity index (χ1n) is 6.78. The van der Waals surface area contributed by atoms with Crippen LogP contribution in [0.4, 0.5) is 10.1 Å². The van der Waals surface area contributed by atoms with Crippen molar-refractivity contribution >= 4 is 17.3 Å². The molecule has 0 aliphatic rings. The van der Waals surface area contributed by atoms with Gasteiger partial charge in [0.25, 0.3) is 0 Å². The van der Waals surface area contributed by atoms with E-state index < -0.39 is 0 Å². The Morgan fingerprint density at radius 2 is 2.05 bits per heavy atom. The van der Waals surface area contributed by atoms with Gasteiger partial charge in [-0.05, 0) is 31.2 Å². The van der Waals surface area contributed by atoms with E-state index in [2.05, 4.69) is 5.32 Å². The summed E-state index contributed by atoms with van der Waals surface area (Å²) >= 11 is 5.87. The summed E-state index contributed by atoms with van der Waals surface area (Å²) in [4.78, 5) is 0. The van der Waals surface area contributed by atoms with Crippen molar-refractivity contribution in [1.29, 1.82) is 0 Å². The molecule has 0 aliphatic heterocycles. The van der Waals surface area contributed by atoms with Crippen molar-refractivity contribution in [3.05, 3.63) is 58.9 Å². The number of hydrogen-bond acceptors (Lipinski definition) is 3. The minimum absolute atomic E-state index is 0.189. The van der Waals surface area contributed by atoms with Gasteiger partial charge in [0.2, 0.25) is 0 Å². The number of para-hydroxylation sites is 1. The first kappa shape index (κ1) is 15.6. The fraction of sp³-hybridized carbons (Fsp3) is 0.250. The molecule has 3 nitrogen and oxygen atoms in total. The van der Waals surface area contributed by atoms with Gasteiger partial charge in [0.15, 0.2) is 0 Å². The standard InChI is InChI=1S/C16H18ClFN2O/c1-2-21-16-6-4-3-5-14(16)15(10-19)20-13-8-11(17)7-12(18)9-13/h3-9,15,20H,2,10,19H2,1H3. The molecule has 2 aromatic rings. The molecule has 0 aromatic heterocycles. The maximum absolute atomic E-state index is 13.4. The number of ether oxygens (including phenoxy) is 1. The molecular weight excluding hydrogens is 291 g/mol. The third-order valence-corrected chi connectivity index (χ3v) is 3.25. The highest BCUT2D eigenvalue weighted by Crippen LogP contribution is 2.28. The largest absolute Gasteiger partial charge is 0.494 e. The second-order valence-corrected chi connectivity index (χ2v) is 5.00. The molecule has 0 saturated heterocycles. The summed E-state index contributed by atoms with van der Waals surface area (Å²) in [5.74, 6) is 0.379. The van der Waals surface area contributed by atoms with Crippen LogP contribution >= 0.6 is 11.6 Å². The van der Waals surface area contributed by atoms with Crippen molar-refractivity contribution < 1.29 is 9.13 Å². The van der Waals surface area contributed by atoms with Crippen LogP contribution in [0.3, 0.4) is 0 Å². The lowest BCUT2D eigenvalue weighted by Gasteiger charge is -2.21. The number of anilines is 1. The molecule has 3 N–H and O–H groups in total. The van der Waals surface area contributed by atoms with Crippen molar-refractivity contribution in [3.63, 3.8) is 0 Å². The Bertz CT molecular complexity index is 586. The summed E-state index contributed by atoms with van der Waals surface area (Å²) in [5.41, 5.74) is 7.37. The Hall–Kier alpha value is -1.78. The summed E-state index contributed by atoms with van der Waals surface area (Å²) < 4.78 is 19.0. The van der Waals surface area contributed by atoms with Crippen LogP contribution in [0.15, 0.2) is 42.5 Å². The van der Waals surface area contributed by atoms with Gasteiger partial charge in [0, 0.05) is 22.8 Å². The average molecular weight is 309 g/mol. The predicted octanol–water partition coefficient (Wildman–Crippen LogP) is 3.99. The van der Waals surface area contributed by atoms with Crippen LogP contribution in [0.2, 0.25) is 5.02 Å². The van der Waals surface area contributed by atoms with Crippen molar-refractivity contribution in [1.82, 2.24) is 0 Å². The van der Waals surface area contributed by atoms with E-state index in [1.165, 1.54) is 12.1 Å². The molecule has 1 unspecified atom stereocenters. The third-order valence-electron chi connectivity index (χ3n) is 3.03. The molecule has 0 amide bonds. The lowest BCUT2D eigenvalue weighted by Crippen LogP contribution is -2.21. The number of nitrogens with two attached hydrogens (primary N) is 1. The molecule has 2 rings (SSSR count). The first-order valence-corrected chi connectivity index (χ1v) is 7.16. The van der Waals surface area contributed by atoms with E-state index in [9.17, 15) is 4.39 Å². The number of nitrogens with one attached hydrogen (secondary N) is 1. The highest BCUT2D eigenvalue weighted by molar-refractivity contribution is 6.30. The van der Waals surface area contributed by atoms with Crippen LogP contribution in [0.25, 0.3) is 0 Å². The van der Waals surface area contributed by atoms with E-state index in [1.54, 1.807) is 6.07 Å². The highest BCUT2D eigenvalue weighted by Gasteiger charge is 2.15. The number of benzene rings is 2. The molecule has 0 bridgehead atoms. The first-order chi connectivity index (χ1) is 10.1. The number of rotatable bonds is 6. The van der Waals surface area contributed by atoms with Gasteiger partial charge in [0.1, 0.15) is 11.6 Å². The SMILES string of the molecule is CCOc1ccccc1C(CN)Nc1cc(F)cc(Cl)c1. The van der Waals surface area contributed by atoms with Gasteiger partial charge in [-0.3, -0.25) is 0 Å². The molecule has 21 heavy (non-hydrogen) atoms. The normalized spacial score (nSPS) is 12.0. The fourth-order valence-electron chi connectivity index (χ4n) is 2.16. The summed E-state index contributed by atoms with van der Waals surface area (Å²) in [6.07, 6.45) is 0. The van der Waals surface area contributed by atoms with Gasteiger partial charge in [-0.25, -0.2) is 4.39 Å². The zero-order valence-corrected chi connectivity index (χ0v) is 12.5. The van der Waals surface area contributed by atoms with Crippen molar-refractivity contribution in [3.8, 4) is 5.75 Å². The average Bonchev–Trinajstić information content (AvgIpc) is 2.45. The number of hydrogen-bond donors (Lipinski definition) is 2. The smallest absolute Gasteiger partial charge is 0.126 e. The van der Waals surface area contributed by atoms with E-state index in [1.807, 2.05) is 31.2 Å². The second-order valence-electron chi connectivity index (χ2n) is 4.56.